The van der Waals surface area contributed by atoms with E-state index in [0.717, 1.165) is 16.8 Å². The van der Waals surface area contributed by atoms with Crippen LogP contribution in [0.5, 0.6) is 0 Å². The van der Waals surface area contributed by atoms with Gasteiger partial charge in [-0.05, 0) is 35.9 Å². The van der Waals surface area contributed by atoms with Crippen LogP contribution in [0.25, 0.3) is 11.3 Å². The highest BCUT2D eigenvalue weighted by molar-refractivity contribution is 6.30. The number of pyridine rings is 1. The van der Waals surface area contributed by atoms with Crippen molar-refractivity contribution in [2.75, 3.05) is 5.32 Å². The Balaban J connectivity index is 1.54. The summed E-state index contributed by atoms with van der Waals surface area (Å²) >= 11 is 5.87. The standard InChI is InChI=1S/C17H14ClN3O2/c18-14-2-1-3-15(8-14)21-17(22)20-10-12-4-5-16(19-9-12)13-6-7-23-11-13/h1-9,11H,10H2,(H2,20,21,22). The fourth-order valence-corrected chi connectivity index (χ4v) is 2.22. The van der Waals surface area contributed by atoms with Gasteiger partial charge in [0, 0.05) is 29.0 Å². The summed E-state index contributed by atoms with van der Waals surface area (Å²) in [5.41, 5.74) is 3.29. The predicted molar refractivity (Wildman–Crippen MR) is 89.2 cm³/mol. The molecule has 23 heavy (non-hydrogen) atoms. The SMILES string of the molecule is O=C(NCc1ccc(-c2ccoc2)nc1)Nc1cccc(Cl)c1. The van der Waals surface area contributed by atoms with Gasteiger partial charge in [-0.3, -0.25) is 4.98 Å². The highest BCUT2D eigenvalue weighted by atomic mass is 35.5. The Kier molecular flexibility index (Phi) is 4.59. The van der Waals surface area contributed by atoms with E-state index in [4.69, 9.17) is 16.0 Å². The fourth-order valence-electron chi connectivity index (χ4n) is 2.03. The van der Waals surface area contributed by atoms with Crippen molar-refractivity contribution >= 4 is 23.3 Å². The zero-order valence-electron chi connectivity index (χ0n) is 12.1. The minimum atomic E-state index is -0.300. The van der Waals surface area contributed by atoms with Crippen LogP contribution in [0.1, 0.15) is 5.56 Å². The number of carbonyl (C=O) groups excluding carboxylic acids is 1. The summed E-state index contributed by atoms with van der Waals surface area (Å²) in [5, 5.41) is 6.06. The first-order chi connectivity index (χ1) is 11.2. The molecule has 2 N–H and O–H groups in total. The quantitative estimate of drug-likeness (QED) is 0.750. The third kappa shape index (κ3) is 4.11. The minimum absolute atomic E-state index is 0.300. The molecule has 0 aliphatic rings. The van der Waals surface area contributed by atoms with Gasteiger partial charge in [-0.2, -0.15) is 0 Å². The number of hydrogen-bond acceptors (Lipinski definition) is 3. The molecular weight excluding hydrogens is 314 g/mol. The van der Waals surface area contributed by atoms with Crippen LogP contribution in [0.2, 0.25) is 5.02 Å². The normalized spacial score (nSPS) is 10.3. The Hall–Kier alpha value is -2.79. The maximum Gasteiger partial charge on any atom is 0.319 e. The first kappa shape index (κ1) is 15.1. The van der Waals surface area contributed by atoms with Gasteiger partial charge < -0.3 is 15.1 Å². The number of nitrogens with one attached hydrogen (secondary N) is 2. The van der Waals surface area contributed by atoms with E-state index in [-0.39, 0.29) is 6.03 Å². The molecule has 116 valence electrons. The van der Waals surface area contributed by atoms with E-state index in [2.05, 4.69) is 15.6 Å². The Morgan fingerprint density at radius 1 is 1.22 bits per heavy atom. The molecule has 5 nitrogen and oxygen atoms in total. The van der Waals surface area contributed by atoms with Crippen LogP contribution in [-0.4, -0.2) is 11.0 Å². The molecule has 0 aliphatic carbocycles. The van der Waals surface area contributed by atoms with Gasteiger partial charge in [-0.25, -0.2) is 4.79 Å². The number of nitrogens with zero attached hydrogens (tertiary/aromatic N) is 1. The van der Waals surface area contributed by atoms with Crippen LogP contribution in [0.3, 0.4) is 0 Å². The lowest BCUT2D eigenvalue weighted by Gasteiger charge is -2.08. The summed E-state index contributed by atoms with van der Waals surface area (Å²) in [6.45, 7) is 0.380. The Morgan fingerprint density at radius 3 is 2.83 bits per heavy atom. The van der Waals surface area contributed by atoms with Crippen LogP contribution in [0.4, 0.5) is 10.5 Å². The van der Waals surface area contributed by atoms with Crippen LogP contribution in [0, 0.1) is 0 Å². The summed E-state index contributed by atoms with van der Waals surface area (Å²) in [6, 6.07) is 12.3. The van der Waals surface area contributed by atoms with Crippen molar-refractivity contribution < 1.29 is 9.21 Å². The molecule has 1 aromatic carbocycles. The van der Waals surface area contributed by atoms with Gasteiger partial charge in [0.2, 0.25) is 0 Å². The van der Waals surface area contributed by atoms with Crippen molar-refractivity contribution in [3.05, 3.63) is 71.8 Å². The average molecular weight is 328 g/mol. The molecule has 0 bridgehead atoms. The van der Waals surface area contributed by atoms with Crippen LogP contribution < -0.4 is 10.6 Å². The van der Waals surface area contributed by atoms with Gasteiger partial charge in [0.15, 0.2) is 0 Å². The van der Waals surface area contributed by atoms with Gasteiger partial charge in [-0.15, -0.1) is 0 Å². The number of amides is 2. The molecule has 2 amide bonds. The number of hydrogen-bond donors (Lipinski definition) is 2. The molecule has 2 heterocycles. The lowest BCUT2D eigenvalue weighted by atomic mass is 10.2. The Morgan fingerprint density at radius 2 is 2.13 bits per heavy atom. The van der Waals surface area contributed by atoms with Crippen molar-refractivity contribution in [3.8, 4) is 11.3 Å². The van der Waals surface area contributed by atoms with Gasteiger partial charge in [-0.1, -0.05) is 23.7 Å². The van der Waals surface area contributed by atoms with E-state index in [1.165, 1.54) is 0 Å². The van der Waals surface area contributed by atoms with Gasteiger partial charge in [0.1, 0.15) is 0 Å². The monoisotopic (exact) mass is 327 g/mol. The lowest BCUT2D eigenvalue weighted by Crippen LogP contribution is -2.28. The molecule has 0 unspecified atom stereocenters. The number of carbonyl (C=O) groups is 1. The van der Waals surface area contributed by atoms with Crippen LogP contribution in [-0.2, 0) is 6.54 Å². The summed E-state index contributed by atoms with van der Waals surface area (Å²) in [6.07, 6.45) is 4.97. The number of aromatic nitrogens is 1. The molecular formula is C17H14ClN3O2. The van der Waals surface area contributed by atoms with Gasteiger partial charge in [0.25, 0.3) is 0 Å². The van der Waals surface area contributed by atoms with E-state index in [1.807, 2.05) is 18.2 Å². The number of urea groups is 1. The van der Waals surface area contributed by atoms with E-state index in [9.17, 15) is 4.79 Å². The van der Waals surface area contributed by atoms with E-state index >= 15 is 0 Å². The number of rotatable bonds is 4. The Bertz CT molecular complexity index is 786. The largest absolute Gasteiger partial charge is 0.472 e. The summed E-state index contributed by atoms with van der Waals surface area (Å²) in [4.78, 5) is 16.2. The molecule has 0 saturated heterocycles. The average Bonchev–Trinajstić information content (AvgIpc) is 3.08. The Labute approximate surface area is 138 Å². The highest BCUT2D eigenvalue weighted by Gasteiger charge is 2.04. The first-order valence-electron chi connectivity index (χ1n) is 6.98. The van der Waals surface area contributed by atoms with Crippen molar-refractivity contribution in [3.63, 3.8) is 0 Å². The lowest BCUT2D eigenvalue weighted by molar-refractivity contribution is 0.251. The molecule has 6 heteroatoms. The predicted octanol–water partition coefficient (Wildman–Crippen LogP) is 4.32. The summed E-state index contributed by atoms with van der Waals surface area (Å²) < 4.78 is 5.03. The van der Waals surface area contributed by atoms with Gasteiger partial charge in [0.05, 0.1) is 18.2 Å². The molecule has 0 radical (unpaired) electrons. The number of halogens is 1. The summed E-state index contributed by atoms with van der Waals surface area (Å²) in [7, 11) is 0. The zero-order chi connectivity index (χ0) is 16.1. The molecule has 0 aliphatic heterocycles. The number of benzene rings is 1. The summed E-state index contributed by atoms with van der Waals surface area (Å²) in [5.74, 6) is 0. The van der Waals surface area contributed by atoms with Crippen molar-refractivity contribution in [1.82, 2.24) is 10.3 Å². The molecule has 0 spiro atoms. The molecule has 3 aromatic rings. The maximum atomic E-state index is 11.9. The second-order valence-electron chi connectivity index (χ2n) is 4.88. The minimum Gasteiger partial charge on any atom is -0.472 e. The smallest absolute Gasteiger partial charge is 0.319 e. The second kappa shape index (κ2) is 6.98. The molecule has 0 fully saturated rings. The molecule has 0 saturated carbocycles. The third-order valence-electron chi connectivity index (χ3n) is 3.18. The second-order valence-corrected chi connectivity index (χ2v) is 5.32. The molecule has 3 rings (SSSR count). The van der Waals surface area contributed by atoms with Crippen molar-refractivity contribution in [1.29, 1.82) is 0 Å². The zero-order valence-corrected chi connectivity index (χ0v) is 12.9. The van der Waals surface area contributed by atoms with Gasteiger partial charge >= 0.3 is 6.03 Å². The van der Waals surface area contributed by atoms with E-state index in [1.54, 1.807) is 43.0 Å². The number of anilines is 1. The molecule has 2 aromatic heterocycles. The van der Waals surface area contributed by atoms with E-state index < -0.39 is 0 Å². The first-order valence-corrected chi connectivity index (χ1v) is 7.36. The maximum absolute atomic E-state index is 11.9. The fraction of sp³-hybridized carbons (Fsp3) is 0.0588. The van der Waals surface area contributed by atoms with Crippen LogP contribution in [0.15, 0.2) is 65.6 Å². The van der Waals surface area contributed by atoms with E-state index in [0.29, 0.717) is 17.3 Å². The number of furan rings is 1. The van der Waals surface area contributed by atoms with Crippen LogP contribution >= 0.6 is 11.6 Å². The highest BCUT2D eigenvalue weighted by Crippen LogP contribution is 2.17. The molecule has 0 atom stereocenters. The third-order valence-corrected chi connectivity index (χ3v) is 3.41. The van der Waals surface area contributed by atoms with Crippen molar-refractivity contribution in [2.45, 2.75) is 6.54 Å². The topological polar surface area (TPSA) is 67.2 Å². The van der Waals surface area contributed by atoms with Crippen molar-refractivity contribution in [2.24, 2.45) is 0 Å².